The SMILES string of the molecule is CCCc1c(C)c2ccc(O[C@@H](C)C(=O)OCC)cc2oc1=O. The molecule has 2 aromatic rings. The fourth-order valence-corrected chi connectivity index (χ4v) is 2.50. The van der Waals surface area contributed by atoms with Crippen molar-refractivity contribution in [3.8, 4) is 5.75 Å². The van der Waals surface area contributed by atoms with Gasteiger partial charge in [0.05, 0.1) is 6.61 Å². The van der Waals surface area contributed by atoms with E-state index in [-0.39, 0.29) is 5.63 Å². The molecule has 124 valence electrons. The van der Waals surface area contributed by atoms with Gasteiger partial charge in [-0.15, -0.1) is 0 Å². The summed E-state index contributed by atoms with van der Waals surface area (Å²) in [5, 5.41) is 0.879. The summed E-state index contributed by atoms with van der Waals surface area (Å²) >= 11 is 0. The van der Waals surface area contributed by atoms with Gasteiger partial charge in [0, 0.05) is 17.0 Å². The van der Waals surface area contributed by atoms with Gasteiger partial charge in [0.15, 0.2) is 6.10 Å². The largest absolute Gasteiger partial charge is 0.479 e. The number of fused-ring (bicyclic) bond motifs is 1. The van der Waals surface area contributed by atoms with E-state index in [0.717, 1.165) is 17.4 Å². The number of ether oxygens (including phenoxy) is 2. The maximum Gasteiger partial charge on any atom is 0.347 e. The molecule has 0 saturated heterocycles. The number of rotatable bonds is 6. The van der Waals surface area contributed by atoms with Crippen molar-refractivity contribution in [3.05, 3.63) is 39.7 Å². The number of benzene rings is 1. The van der Waals surface area contributed by atoms with Gasteiger partial charge in [-0.05, 0) is 44.9 Å². The second kappa shape index (κ2) is 7.31. The Labute approximate surface area is 135 Å². The van der Waals surface area contributed by atoms with Gasteiger partial charge in [-0.3, -0.25) is 0 Å². The predicted molar refractivity (Wildman–Crippen MR) is 87.9 cm³/mol. The van der Waals surface area contributed by atoms with Crippen LogP contribution in [0.25, 0.3) is 11.0 Å². The Kier molecular flexibility index (Phi) is 5.42. The number of carbonyl (C=O) groups is 1. The maximum absolute atomic E-state index is 12.1. The fraction of sp³-hybridized carbons (Fsp3) is 0.444. The van der Waals surface area contributed by atoms with E-state index in [9.17, 15) is 9.59 Å². The first-order valence-electron chi connectivity index (χ1n) is 7.87. The summed E-state index contributed by atoms with van der Waals surface area (Å²) in [6.45, 7) is 7.61. The summed E-state index contributed by atoms with van der Waals surface area (Å²) < 4.78 is 15.9. The van der Waals surface area contributed by atoms with Crippen LogP contribution < -0.4 is 10.4 Å². The van der Waals surface area contributed by atoms with Crippen LogP contribution in [-0.2, 0) is 16.0 Å². The van der Waals surface area contributed by atoms with E-state index in [1.807, 2.05) is 19.9 Å². The van der Waals surface area contributed by atoms with Gasteiger partial charge >= 0.3 is 11.6 Å². The number of esters is 1. The van der Waals surface area contributed by atoms with Gasteiger partial charge in [0.2, 0.25) is 0 Å². The molecule has 1 aromatic heterocycles. The Morgan fingerprint density at radius 3 is 2.70 bits per heavy atom. The van der Waals surface area contributed by atoms with Crippen LogP contribution in [-0.4, -0.2) is 18.7 Å². The molecule has 0 aliphatic rings. The second-order valence-corrected chi connectivity index (χ2v) is 5.41. The van der Waals surface area contributed by atoms with Crippen LogP contribution >= 0.6 is 0 Å². The number of hydrogen-bond donors (Lipinski definition) is 0. The number of aryl methyl sites for hydroxylation is 1. The summed E-state index contributed by atoms with van der Waals surface area (Å²) in [6.07, 6.45) is 0.858. The molecule has 0 fully saturated rings. The van der Waals surface area contributed by atoms with Crippen LogP contribution in [0, 0.1) is 6.92 Å². The molecule has 0 bridgehead atoms. The van der Waals surface area contributed by atoms with E-state index in [4.69, 9.17) is 13.9 Å². The second-order valence-electron chi connectivity index (χ2n) is 5.41. The van der Waals surface area contributed by atoms with Crippen molar-refractivity contribution in [3.63, 3.8) is 0 Å². The van der Waals surface area contributed by atoms with Crippen LogP contribution in [0.4, 0.5) is 0 Å². The van der Waals surface area contributed by atoms with Gasteiger partial charge < -0.3 is 13.9 Å². The van der Waals surface area contributed by atoms with Crippen LogP contribution in [0.1, 0.15) is 38.3 Å². The Morgan fingerprint density at radius 2 is 2.04 bits per heavy atom. The van der Waals surface area contributed by atoms with Crippen molar-refractivity contribution in [2.24, 2.45) is 0 Å². The lowest BCUT2D eigenvalue weighted by atomic mass is 10.0. The van der Waals surface area contributed by atoms with Crippen LogP contribution in [0.15, 0.2) is 27.4 Å². The van der Waals surface area contributed by atoms with Gasteiger partial charge in [0.1, 0.15) is 11.3 Å². The molecule has 5 nitrogen and oxygen atoms in total. The van der Waals surface area contributed by atoms with E-state index in [1.54, 1.807) is 26.0 Å². The molecular formula is C18H22O5. The molecule has 1 atom stereocenters. The van der Waals surface area contributed by atoms with Crippen LogP contribution in [0.3, 0.4) is 0 Å². The minimum atomic E-state index is -0.723. The standard InChI is InChI=1S/C18H22O5/c1-5-7-15-11(3)14-9-8-13(10-16(14)23-18(15)20)22-12(4)17(19)21-6-2/h8-10,12H,5-7H2,1-4H3/t12-/m0/s1. The highest BCUT2D eigenvalue weighted by Crippen LogP contribution is 2.25. The third-order valence-electron chi connectivity index (χ3n) is 3.69. The quantitative estimate of drug-likeness (QED) is 0.603. The van der Waals surface area contributed by atoms with Crippen molar-refractivity contribution in [1.82, 2.24) is 0 Å². The lowest BCUT2D eigenvalue weighted by molar-refractivity contribution is -0.150. The first-order chi connectivity index (χ1) is 11.0. The molecular weight excluding hydrogens is 296 g/mol. The van der Waals surface area contributed by atoms with Gasteiger partial charge in [0.25, 0.3) is 0 Å². The van der Waals surface area contributed by atoms with Gasteiger partial charge in [-0.2, -0.15) is 0 Å². The first-order valence-corrected chi connectivity index (χ1v) is 7.87. The Bertz CT molecular complexity index is 760. The molecule has 0 aliphatic heterocycles. The summed E-state index contributed by atoms with van der Waals surface area (Å²) in [5.41, 5.74) is 1.80. The third-order valence-corrected chi connectivity index (χ3v) is 3.69. The molecule has 0 saturated carbocycles. The summed E-state index contributed by atoms with van der Waals surface area (Å²) in [6, 6.07) is 5.25. The zero-order valence-electron chi connectivity index (χ0n) is 14.0. The van der Waals surface area contributed by atoms with E-state index >= 15 is 0 Å². The van der Waals surface area contributed by atoms with Crippen molar-refractivity contribution < 1.29 is 18.7 Å². The third kappa shape index (κ3) is 3.73. The van der Waals surface area contributed by atoms with Crippen molar-refractivity contribution in [2.45, 2.75) is 46.6 Å². The Hall–Kier alpha value is -2.30. The summed E-state index contributed by atoms with van der Waals surface area (Å²) in [4.78, 5) is 23.7. The lowest BCUT2D eigenvalue weighted by Gasteiger charge is -2.14. The minimum absolute atomic E-state index is 0.304. The average Bonchev–Trinajstić information content (AvgIpc) is 2.51. The Morgan fingerprint density at radius 1 is 1.30 bits per heavy atom. The normalized spacial score (nSPS) is 12.2. The van der Waals surface area contributed by atoms with E-state index in [1.165, 1.54) is 0 Å². The zero-order chi connectivity index (χ0) is 17.0. The van der Waals surface area contributed by atoms with Gasteiger partial charge in [-0.25, -0.2) is 9.59 Å². The number of hydrogen-bond acceptors (Lipinski definition) is 5. The minimum Gasteiger partial charge on any atom is -0.479 e. The van der Waals surface area contributed by atoms with Crippen LogP contribution in [0.5, 0.6) is 5.75 Å². The lowest BCUT2D eigenvalue weighted by Crippen LogP contribution is -2.26. The van der Waals surface area contributed by atoms with Crippen molar-refractivity contribution in [1.29, 1.82) is 0 Å². The fourth-order valence-electron chi connectivity index (χ4n) is 2.50. The highest BCUT2D eigenvalue weighted by molar-refractivity contribution is 5.82. The molecule has 0 aliphatic carbocycles. The monoisotopic (exact) mass is 318 g/mol. The van der Waals surface area contributed by atoms with E-state index < -0.39 is 12.1 Å². The molecule has 0 N–H and O–H groups in total. The molecule has 0 spiro atoms. The first kappa shape index (κ1) is 17.1. The molecule has 1 aromatic carbocycles. The summed E-state index contributed by atoms with van der Waals surface area (Å²) in [7, 11) is 0. The predicted octanol–water partition coefficient (Wildman–Crippen LogP) is 3.38. The molecule has 23 heavy (non-hydrogen) atoms. The molecule has 0 amide bonds. The molecule has 0 radical (unpaired) electrons. The highest BCUT2D eigenvalue weighted by Gasteiger charge is 2.17. The van der Waals surface area contributed by atoms with E-state index in [0.29, 0.717) is 29.9 Å². The van der Waals surface area contributed by atoms with Crippen molar-refractivity contribution in [2.75, 3.05) is 6.61 Å². The summed E-state index contributed by atoms with van der Waals surface area (Å²) in [5.74, 6) is 0.0346. The highest BCUT2D eigenvalue weighted by atomic mass is 16.6. The molecule has 2 rings (SSSR count). The Balaban J connectivity index is 2.34. The van der Waals surface area contributed by atoms with Crippen molar-refractivity contribution >= 4 is 16.9 Å². The maximum atomic E-state index is 12.1. The molecule has 0 unspecified atom stereocenters. The van der Waals surface area contributed by atoms with Gasteiger partial charge in [-0.1, -0.05) is 13.3 Å². The number of carbonyl (C=O) groups excluding carboxylic acids is 1. The zero-order valence-corrected chi connectivity index (χ0v) is 14.0. The topological polar surface area (TPSA) is 65.7 Å². The van der Waals surface area contributed by atoms with E-state index in [2.05, 4.69) is 0 Å². The molecule has 1 heterocycles. The molecule has 5 heteroatoms. The average molecular weight is 318 g/mol. The smallest absolute Gasteiger partial charge is 0.347 e. The van der Waals surface area contributed by atoms with Crippen LogP contribution in [0.2, 0.25) is 0 Å².